The normalized spacial score (nSPS) is 11.3. The number of unbranched alkanes of at least 4 members (excludes halogenated alkanes) is 1. The van der Waals surface area contributed by atoms with Gasteiger partial charge in [0.1, 0.15) is 0 Å². The van der Waals surface area contributed by atoms with Gasteiger partial charge >= 0.3 is 6.01 Å². The number of amides is 1. The van der Waals surface area contributed by atoms with Crippen molar-refractivity contribution in [1.29, 1.82) is 0 Å². The maximum Gasteiger partial charge on any atom is 0.318 e. The molecular weight excluding hydrogens is 466 g/mol. The molecule has 2 aromatic heterocycles. The highest BCUT2D eigenvalue weighted by Gasteiger charge is 2.26. The van der Waals surface area contributed by atoms with Gasteiger partial charge in [-0.1, -0.05) is 58.2 Å². The van der Waals surface area contributed by atoms with Gasteiger partial charge in [0.05, 0.1) is 11.6 Å². The van der Waals surface area contributed by atoms with Crippen molar-refractivity contribution >= 4 is 17.5 Å². The molecule has 0 unspecified atom stereocenters. The van der Waals surface area contributed by atoms with Crippen molar-refractivity contribution in [2.45, 2.75) is 59.9 Å². The molecule has 0 atom stereocenters. The fourth-order valence-corrected chi connectivity index (χ4v) is 3.63. The molecule has 186 valence electrons. The van der Waals surface area contributed by atoms with Crippen molar-refractivity contribution in [3.05, 3.63) is 47.1 Å². The summed E-state index contributed by atoms with van der Waals surface area (Å²) in [5, 5.41) is 13.6. The van der Waals surface area contributed by atoms with E-state index in [-0.39, 0.29) is 17.6 Å². The average molecular weight is 498 g/mol. The molecule has 0 aliphatic heterocycles. The van der Waals surface area contributed by atoms with Gasteiger partial charge in [0.2, 0.25) is 11.8 Å². The maximum atomic E-state index is 12.7. The zero-order valence-corrected chi connectivity index (χ0v) is 21.4. The summed E-state index contributed by atoms with van der Waals surface area (Å²) in [4.78, 5) is 29.6. The molecule has 1 amide bonds. The number of rotatable bonds is 11. The largest absolute Gasteiger partial charge is 0.479 e. The Hall–Kier alpha value is -3.26. The molecule has 1 aromatic carbocycles. The summed E-state index contributed by atoms with van der Waals surface area (Å²) in [5.41, 5.74) is 1.52. The second-order valence-corrected chi connectivity index (χ2v) is 9.41. The predicted molar refractivity (Wildman–Crippen MR) is 136 cm³/mol. The Morgan fingerprint density at radius 1 is 1.09 bits per heavy atom. The van der Waals surface area contributed by atoms with E-state index in [2.05, 4.69) is 32.2 Å². The lowest BCUT2D eigenvalue weighted by molar-refractivity contribution is -0.129. The van der Waals surface area contributed by atoms with Gasteiger partial charge in [0, 0.05) is 35.3 Å². The molecule has 0 fully saturated rings. The fraction of sp³-hybridized carbons (Fsp3) is 0.423. The van der Waals surface area contributed by atoms with Crippen LogP contribution in [0.2, 0.25) is 5.02 Å². The van der Waals surface area contributed by atoms with Crippen LogP contribution in [0.4, 0.5) is 0 Å². The van der Waals surface area contributed by atoms with Crippen LogP contribution in [0.1, 0.15) is 58.9 Å². The van der Waals surface area contributed by atoms with Gasteiger partial charge in [-0.15, -0.1) is 0 Å². The Morgan fingerprint density at radius 3 is 2.54 bits per heavy atom. The minimum absolute atomic E-state index is 0.00130. The Labute approximate surface area is 211 Å². The number of aromatic nitrogens is 4. The number of carbonyl (C=O) groups is 1. The van der Waals surface area contributed by atoms with Crippen molar-refractivity contribution in [2.24, 2.45) is 5.41 Å². The van der Waals surface area contributed by atoms with E-state index in [4.69, 9.17) is 16.3 Å². The number of carbonyl (C=O) groups excluding carboxylic acids is 1. The van der Waals surface area contributed by atoms with E-state index in [1.165, 1.54) is 0 Å². The van der Waals surface area contributed by atoms with Gasteiger partial charge in [-0.05, 0) is 36.6 Å². The molecule has 9 heteroatoms. The first-order valence-electron chi connectivity index (χ1n) is 11.8. The van der Waals surface area contributed by atoms with Crippen LogP contribution in [-0.2, 0) is 11.3 Å². The number of ether oxygens (including phenoxy) is 1. The SMILES string of the molecule is CCCCC(C)(C)C(=O)NCc1ccc(Cl)c(-c2nc(O)nc(-c3ccc(OCCC)nc3)n2)c1. The molecule has 2 heterocycles. The minimum Gasteiger partial charge on any atom is -0.479 e. The van der Waals surface area contributed by atoms with E-state index >= 15 is 0 Å². The molecule has 2 N–H and O–H groups in total. The first kappa shape index (κ1) is 26.3. The highest BCUT2D eigenvalue weighted by molar-refractivity contribution is 6.33. The average Bonchev–Trinajstić information content (AvgIpc) is 2.85. The van der Waals surface area contributed by atoms with E-state index in [0.717, 1.165) is 31.2 Å². The molecule has 0 aliphatic rings. The lowest BCUT2D eigenvalue weighted by Crippen LogP contribution is -2.36. The number of aromatic hydroxyl groups is 1. The molecule has 0 aliphatic carbocycles. The summed E-state index contributed by atoms with van der Waals surface area (Å²) in [6.07, 6.45) is 5.34. The van der Waals surface area contributed by atoms with E-state index in [1.807, 2.05) is 26.8 Å². The third-order valence-electron chi connectivity index (χ3n) is 5.57. The summed E-state index contributed by atoms with van der Waals surface area (Å²) in [6, 6.07) is 8.44. The zero-order valence-electron chi connectivity index (χ0n) is 20.6. The van der Waals surface area contributed by atoms with Crippen LogP contribution >= 0.6 is 11.6 Å². The highest BCUT2D eigenvalue weighted by Crippen LogP contribution is 2.29. The van der Waals surface area contributed by atoms with Crippen molar-refractivity contribution < 1.29 is 14.6 Å². The lowest BCUT2D eigenvalue weighted by Gasteiger charge is -2.23. The molecule has 0 radical (unpaired) electrons. The van der Waals surface area contributed by atoms with Crippen molar-refractivity contribution in [2.75, 3.05) is 6.61 Å². The van der Waals surface area contributed by atoms with Crippen molar-refractivity contribution in [3.8, 4) is 34.7 Å². The van der Waals surface area contributed by atoms with E-state index in [9.17, 15) is 9.90 Å². The van der Waals surface area contributed by atoms with Crippen molar-refractivity contribution in [1.82, 2.24) is 25.3 Å². The van der Waals surface area contributed by atoms with Crippen LogP contribution in [0.3, 0.4) is 0 Å². The first-order valence-corrected chi connectivity index (χ1v) is 12.2. The van der Waals surface area contributed by atoms with Crippen LogP contribution in [0.15, 0.2) is 36.5 Å². The van der Waals surface area contributed by atoms with E-state index in [0.29, 0.717) is 35.2 Å². The molecule has 3 rings (SSSR count). The summed E-state index contributed by atoms with van der Waals surface area (Å²) in [7, 11) is 0. The summed E-state index contributed by atoms with van der Waals surface area (Å²) < 4.78 is 5.51. The van der Waals surface area contributed by atoms with Gasteiger partial charge in [-0.2, -0.15) is 9.97 Å². The standard InChI is InChI=1S/C26H32ClN5O3/c1-5-7-12-26(3,4)24(33)29-15-17-8-10-20(27)19(14-17)23-30-22(31-25(34)32-23)18-9-11-21(28-16-18)35-13-6-2/h8-11,14,16H,5-7,12-13,15H2,1-4H3,(H,29,33)(H,30,31,32,34). The Bertz CT molecular complexity index is 1150. The first-order chi connectivity index (χ1) is 16.7. The third-order valence-corrected chi connectivity index (χ3v) is 5.90. The van der Waals surface area contributed by atoms with Crippen molar-refractivity contribution in [3.63, 3.8) is 0 Å². The second kappa shape index (κ2) is 11.9. The Morgan fingerprint density at radius 2 is 1.86 bits per heavy atom. The number of hydrogen-bond donors (Lipinski definition) is 2. The summed E-state index contributed by atoms with van der Waals surface area (Å²) in [6.45, 7) is 8.96. The topological polar surface area (TPSA) is 110 Å². The molecule has 0 spiro atoms. The quantitative estimate of drug-likeness (QED) is 0.355. The summed E-state index contributed by atoms with van der Waals surface area (Å²) >= 11 is 6.44. The van der Waals surface area contributed by atoms with E-state index in [1.54, 1.807) is 30.5 Å². The molecule has 8 nitrogen and oxygen atoms in total. The molecule has 0 saturated heterocycles. The van der Waals surface area contributed by atoms with Gasteiger partial charge in [0.15, 0.2) is 11.6 Å². The summed E-state index contributed by atoms with van der Waals surface area (Å²) in [5.74, 6) is 0.987. The number of pyridine rings is 1. The molecular formula is C26H32ClN5O3. The molecule has 35 heavy (non-hydrogen) atoms. The van der Waals surface area contributed by atoms with Crippen LogP contribution in [-0.4, -0.2) is 37.6 Å². The van der Waals surface area contributed by atoms with Gasteiger partial charge in [0.25, 0.3) is 0 Å². The second-order valence-electron chi connectivity index (χ2n) is 9.00. The molecule has 0 bridgehead atoms. The number of nitrogens with zero attached hydrogens (tertiary/aromatic N) is 4. The number of nitrogens with one attached hydrogen (secondary N) is 1. The van der Waals surface area contributed by atoms with Crippen LogP contribution < -0.4 is 10.1 Å². The molecule has 3 aromatic rings. The van der Waals surface area contributed by atoms with E-state index < -0.39 is 11.4 Å². The number of hydrogen-bond acceptors (Lipinski definition) is 7. The third kappa shape index (κ3) is 7.11. The Kier molecular flexibility index (Phi) is 8.98. The van der Waals surface area contributed by atoms with Gasteiger partial charge < -0.3 is 15.2 Å². The monoisotopic (exact) mass is 497 g/mol. The fourth-order valence-electron chi connectivity index (χ4n) is 3.43. The number of halogens is 1. The number of benzene rings is 1. The Balaban J connectivity index is 1.81. The lowest BCUT2D eigenvalue weighted by atomic mass is 9.86. The van der Waals surface area contributed by atoms with Gasteiger partial charge in [-0.3, -0.25) is 4.79 Å². The molecule has 0 saturated carbocycles. The zero-order chi connectivity index (χ0) is 25.4. The highest BCUT2D eigenvalue weighted by atomic mass is 35.5. The van der Waals surface area contributed by atoms with Crippen LogP contribution in [0.25, 0.3) is 22.8 Å². The smallest absolute Gasteiger partial charge is 0.318 e. The van der Waals surface area contributed by atoms with Crippen LogP contribution in [0.5, 0.6) is 11.9 Å². The predicted octanol–water partition coefficient (Wildman–Crippen LogP) is 5.58. The van der Waals surface area contributed by atoms with Crippen LogP contribution in [0, 0.1) is 5.41 Å². The minimum atomic E-state index is -0.439. The maximum absolute atomic E-state index is 12.7. The van der Waals surface area contributed by atoms with Gasteiger partial charge in [-0.25, -0.2) is 9.97 Å².